The highest BCUT2D eigenvalue weighted by atomic mass is 15.5. The minimum atomic E-state index is 0.911. The Kier molecular flexibility index (Phi) is 1.87. The monoisotopic (exact) mass is 201 g/mol. The topological polar surface area (TPSA) is 55.6 Å². The van der Waals surface area contributed by atoms with Crippen LogP contribution in [0.15, 0.2) is 24.3 Å². The molecule has 0 atom stereocenters. The molecular weight excluding hydrogens is 190 g/mol. The highest BCUT2D eigenvalue weighted by Crippen LogP contribution is 2.21. The highest BCUT2D eigenvalue weighted by Gasteiger charge is 2.13. The maximum absolute atomic E-state index is 4.03. The average Bonchev–Trinajstić information content (AvgIpc) is 2.69. The van der Waals surface area contributed by atoms with Crippen LogP contribution in [0.25, 0.3) is 5.69 Å². The van der Waals surface area contributed by atoms with Crippen LogP contribution in [0.4, 0.5) is 5.69 Å². The lowest BCUT2D eigenvalue weighted by atomic mass is 10.2. The molecule has 0 amide bonds. The molecule has 0 saturated carbocycles. The number of aryl methyl sites for hydroxylation is 1. The van der Waals surface area contributed by atoms with E-state index in [-0.39, 0.29) is 0 Å². The van der Waals surface area contributed by atoms with Crippen LogP contribution in [0.5, 0.6) is 0 Å². The first kappa shape index (κ1) is 8.40. The van der Waals surface area contributed by atoms with Crippen molar-refractivity contribution in [3.05, 3.63) is 30.1 Å². The van der Waals surface area contributed by atoms with Gasteiger partial charge in [-0.05, 0) is 29.0 Å². The maximum Gasteiger partial charge on any atom is 0.156 e. The van der Waals surface area contributed by atoms with E-state index in [2.05, 4.69) is 20.8 Å². The Labute approximate surface area is 87.1 Å². The van der Waals surface area contributed by atoms with E-state index in [0.717, 1.165) is 36.6 Å². The van der Waals surface area contributed by atoms with Crippen molar-refractivity contribution in [1.82, 2.24) is 20.2 Å². The molecule has 0 spiro atoms. The summed E-state index contributed by atoms with van der Waals surface area (Å²) in [6, 6.07) is 8.07. The Morgan fingerprint density at radius 1 is 1.27 bits per heavy atom. The lowest BCUT2D eigenvalue weighted by molar-refractivity contribution is 0.722. The first-order chi connectivity index (χ1) is 7.45. The fraction of sp³-hybridized carbons (Fsp3) is 0.300. The second-order valence-corrected chi connectivity index (χ2v) is 3.55. The van der Waals surface area contributed by atoms with Crippen LogP contribution >= 0.6 is 0 Å². The van der Waals surface area contributed by atoms with Gasteiger partial charge in [0.2, 0.25) is 0 Å². The van der Waals surface area contributed by atoms with Crippen LogP contribution in [0.1, 0.15) is 12.2 Å². The third-order valence-corrected chi connectivity index (χ3v) is 2.56. The first-order valence-corrected chi connectivity index (χ1v) is 5.06. The SMILES string of the molecule is c1ccc2c(c1)NCCCc1nnnn1-2. The van der Waals surface area contributed by atoms with E-state index < -0.39 is 0 Å². The molecule has 0 radical (unpaired) electrons. The molecule has 5 nitrogen and oxygen atoms in total. The van der Waals surface area contributed by atoms with Gasteiger partial charge in [-0.2, -0.15) is 4.68 Å². The Morgan fingerprint density at radius 3 is 3.20 bits per heavy atom. The smallest absolute Gasteiger partial charge is 0.156 e. The number of anilines is 1. The zero-order valence-corrected chi connectivity index (χ0v) is 8.22. The summed E-state index contributed by atoms with van der Waals surface area (Å²) in [5.74, 6) is 0.934. The average molecular weight is 201 g/mol. The van der Waals surface area contributed by atoms with E-state index >= 15 is 0 Å². The zero-order chi connectivity index (χ0) is 10.1. The van der Waals surface area contributed by atoms with Gasteiger partial charge >= 0.3 is 0 Å². The molecule has 1 aliphatic heterocycles. The van der Waals surface area contributed by atoms with Gasteiger partial charge in [0.05, 0.1) is 11.4 Å². The van der Waals surface area contributed by atoms with E-state index in [1.54, 1.807) is 0 Å². The van der Waals surface area contributed by atoms with Crippen LogP contribution in [0, 0.1) is 0 Å². The molecule has 3 rings (SSSR count). The largest absolute Gasteiger partial charge is 0.383 e. The Morgan fingerprint density at radius 2 is 2.20 bits per heavy atom. The van der Waals surface area contributed by atoms with Gasteiger partial charge in [0.15, 0.2) is 5.82 Å². The van der Waals surface area contributed by atoms with Gasteiger partial charge in [-0.25, -0.2) is 0 Å². The number of aromatic nitrogens is 4. The fourth-order valence-electron chi connectivity index (χ4n) is 1.83. The predicted octanol–water partition coefficient (Wildman–Crippen LogP) is 1.02. The maximum atomic E-state index is 4.03. The van der Waals surface area contributed by atoms with Gasteiger partial charge in [-0.3, -0.25) is 0 Å². The number of tetrazole rings is 1. The number of fused-ring (bicyclic) bond motifs is 3. The van der Waals surface area contributed by atoms with Crippen molar-refractivity contribution in [1.29, 1.82) is 0 Å². The normalized spacial score (nSPS) is 14.4. The summed E-state index contributed by atoms with van der Waals surface area (Å²) in [5.41, 5.74) is 2.11. The van der Waals surface area contributed by atoms with Crippen molar-refractivity contribution in [2.75, 3.05) is 11.9 Å². The van der Waals surface area contributed by atoms with E-state index in [1.807, 2.05) is 28.9 Å². The number of nitrogens with one attached hydrogen (secondary N) is 1. The molecule has 5 heteroatoms. The van der Waals surface area contributed by atoms with Gasteiger partial charge < -0.3 is 5.32 Å². The summed E-state index contributed by atoms with van der Waals surface area (Å²) in [6.45, 7) is 0.962. The van der Waals surface area contributed by atoms with Crippen molar-refractivity contribution < 1.29 is 0 Å². The lowest BCUT2D eigenvalue weighted by Gasteiger charge is -2.15. The van der Waals surface area contributed by atoms with E-state index in [4.69, 9.17) is 0 Å². The molecule has 1 aromatic heterocycles. The van der Waals surface area contributed by atoms with Gasteiger partial charge in [0, 0.05) is 13.0 Å². The fourth-order valence-corrected chi connectivity index (χ4v) is 1.83. The van der Waals surface area contributed by atoms with E-state index in [9.17, 15) is 0 Å². The van der Waals surface area contributed by atoms with Gasteiger partial charge in [0.1, 0.15) is 0 Å². The highest BCUT2D eigenvalue weighted by molar-refractivity contribution is 5.60. The third kappa shape index (κ3) is 1.36. The lowest BCUT2D eigenvalue weighted by Crippen LogP contribution is -2.14. The number of nitrogens with zero attached hydrogens (tertiary/aromatic N) is 4. The first-order valence-electron chi connectivity index (χ1n) is 5.06. The molecule has 2 aromatic rings. The molecule has 1 aromatic carbocycles. The van der Waals surface area contributed by atoms with Crippen molar-refractivity contribution >= 4 is 5.69 Å². The Balaban J connectivity index is 2.21. The van der Waals surface area contributed by atoms with Gasteiger partial charge in [-0.15, -0.1) is 5.10 Å². The molecule has 0 fully saturated rings. The van der Waals surface area contributed by atoms with Crippen molar-refractivity contribution in [2.45, 2.75) is 12.8 Å². The molecule has 1 N–H and O–H groups in total. The van der Waals surface area contributed by atoms with Gasteiger partial charge in [0.25, 0.3) is 0 Å². The van der Waals surface area contributed by atoms with Crippen LogP contribution in [-0.2, 0) is 6.42 Å². The molecule has 1 aliphatic rings. The van der Waals surface area contributed by atoms with E-state index in [1.165, 1.54) is 0 Å². The number of hydrogen-bond acceptors (Lipinski definition) is 4. The van der Waals surface area contributed by atoms with Crippen LogP contribution in [0.3, 0.4) is 0 Å². The summed E-state index contributed by atoms with van der Waals surface area (Å²) >= 11 is 0. The molecule has 0 unspecified atom stereocenters. The van der Waals surface area contributed by atoms with Crippen molar-refractivity contribution in [3.8, 4) is 5.69 Å². The molecule has 15 heavy (non-hydrogen) atoms. The minimum Gasteiger partial charge on any atom is -0.383 e. The summed E-state index contributed by atoms with van der Waals surface area (Å²) in [7, 11) is 0. The zero-order valence-electron chi connectivity index (χ0n) is 8.22. The summed E-state index contributed by atoms with van der Waals surface area (Å²) in [5, 5.41) is 15.1. The summed E-state index contributed by atoms with van der Waals surface area (Å²) in [6.07, 6.45) is 1.96. The Bertz CT molecular complexity index is 476. The molecule has 0 saturated heterocycles. The molecule has 76 valence electrons. The standard InChI is InChI=1S/C10H11N5/c1-2-5-9-8(4-1)11-7-3-6-10-12-13-14-15(9)10/h1-2,4-5,11H,3,6-7H2. The second kappa shape index (κ2) is 3.34. The molecule has 2 heterocycles. The van der Waals surface area contributed by atoms with Crippen LogP contribution in [0.2, 0.25) is 0 Å². The summed E-state index contributed by atoms with van der Waals surface area (Å²) in [4.78, 5) is 0. The summed E-state index contributed by atoms with van der Waals surface area (Å²) < 4.78 is 1.81. The third-order valence-electron chi connectivity index (χ3n) is 2.56. The second-order valence-electron chi connectivity index (χ2n) is 3.55. The number of rotatable bonds is 0. The predicted molar refractivity (Wildman–Crippen MR) is 56.0 cm³/mol. The molecule has 0 bridgehead atoms. The molecule has 0 aliphatic carbocycles. The number of para-hydroxylation sites is 2. The van der Waals surface area contributed by atoms with Crippen molar-refractivity contribution in [2.24, 2.45) is 0 Å². The minimum absolute atomic E-state index is 0.911. The van der Waals surface area contributed by atoms with Gasteiger partial charge in [-0.1, -0.05) is 12.1 Å². The van der Waals surface area contributed by atoms with Crippen LogP contribution < -0.4 is 5.32 Å². The van der Waals surface area contributed by atoms with Crippen molar-refractivity contribution in [3.63, 3.8) is 0 Å². The van der Waals surface area contributed by atoms with Crippen LogP contribution in [-0.4, -0.2) is 26.8 Å². The molecular formula is C10H11N5. The number of benzene rings is 1. The van der Waals surface area contributed by atoms with E-state index in [0.29, 0.717) is 0 Å². The quantitative estimate of drug-likeness (QED) is 0.691. The Hall–Kier alpha value is -1.91. The number of hydrogen-bond donors (Lipinski definition) is 1.